The van der Waals surface area contributed by atoms with E-state index in [9.17, 15) is 5.11 Å². The van der Waals surface area contributed by atoms with E-state index >= 15 is 0 Å². The largest absolute Gasteiger partial charge is 0.392 e. The smallest absolute Gasteiger partial charge is 0.201 e. The molecule has 3 rings (SSSR count). The lowest BCUT2D eigenvalue weighted by atomic mass is 10.1. The van der Waals surface area contributed by atoms with Gasteiger partial charge in [-0.1, -0.05) is 35.3 Å². The number of fused-ring (bicyclic) bond motifs is 1. The summed E-state index contributed by atoms with van der Waals surface area (Å²) in [6.07, 6.45) is 0.930. The van der Waals surface area contributed by atoms with Crippen molar-refractivity contribution in [3.8, 4) is 0 Å². The molecule has 3 aromatic rings. The number of hydrogen-bond donors (Lipinski definition) is 4. The molecule has 0 aliphatic rings. The number of aromatic nitrogens is 2. The van der Waals surface area contributed by atoms with Crippen LogP contribution in [0, 0.1) is 0 Å². The SMILES string of the molecule is OCc1c(Cl)cc(Cl)cc1CNCCCNc1nc2ccccc2[nH]1. The van der Waals surface area contributed by atoms with E-state index in [4.69, 9.17) is 23.2 Å². The first-order chi connectivity index (χ1) is 12.2. The summed E-state index contributed by atoms with van der Waals surface area (Å²) < 4.78 is 0. The van der Waals surface area contributed by atoms with Crippen LogP contribution in [0.1, 0.15) is 17.5 Å². The van der Waals surface area contributed by atoms with E-state index in [0.29, 0.717) is 16.6 Å². The van der Waals surface area contributed by atoms with Crippen molar-refractivity contribution < 1.29 is 5.11 Å². The van der Waals surface area contributed by atoms with Crippen LogP contribution < -0.4 is 10.6 Å². The van der Waals surface area contributed by atoms with Crippen LogP contribution in [0.25, 0.3) is 11.0 Å². The van der Waals surface area contributed by atoms with E-state index in [1.165, 1.54) is 0 Å². The standard InChI is InChI=1S/C18H20Cl2N4O/c19-13-8-12(14(11-25)15(20)9-13)10-21-6-3-7-22-18-23-16-4-1-2-5-17(16)24-18/h1-2,4-5,8-9,21,25H,3,6-7,10-11H2,(H2,22,23,24). The van der Waals surface area contributed by atoms with Crippen LogP contribution in [-0.4, -0.2) is 28.2 Å². The Labute approximate surface area is 156 Å². The van der Waals surface area contributed by atoms with Crippen LogP contribution in [0.2, 0.25) is 10.0 Å². The molecule has 0 aliphatic heterocycles. The Balaban J connectivity index is 1.43. The lowest BCUT2D eigenvalue weighted by Crippen LogP contribution is -2.19. The maximum Gasteiger partial charge on any atom is 0.201 e. The summed E-state index contributed by atoms with van der Waals surface area (Å²) in [5.41, 5.74) is 3.62. The van der Waals surface area contributed by atoms with Gasteiger partial charge in [-0.2, -0.15) is 0 Å². The third-order valence-electron chi connectivity index (χ3n) is 3.94. The first-order valence-corrected chi connectivity index (χ1v) is 8.90. The minimum absolute atomic E-state index is 0.0966. The number of aliphatic hydroxyl groups is 1. The molecule has 0 unspecified atom stereocenters. The first kappa shape index (κ1) is 18.0. The van der Waals surface area contributed by atoms with Crippen molar-refractivity contribution in [3.63, 3.8) is 0 Å². The predicted octanol–water partition coefficient (Wildman–Crippen LogP) is 3.95. The summed E-state index contributed by atoms with van der Waals surface area (Å²) >= 11 is 12.1. The summed E-state index contributed by atoms with van der Waals surface area (Å²) in [7, 11) is 0. The van der Waals surface area contributed by atoms with E-state index < -0.39 is 0 Å². The van der Waals surface area contributed by atoms with E-state index in [1.54, 1.807) is 6.07 Å². The molecule has 1 heterocycles. The molecule has 2 aromatic carbocycles. The predicted molar refractivity (Wildman–Crippen MR) is 103 cm³/mol. The summed E-state index contributed by atoms with van der Waals surface area (Å²) in [5, 5.41) is 17.1. The number of aliphatic hydroxyl groups excluding tert-OH is 1. The molecule has 0 saturated carbocycles. The van der Waals surface area contributed by atoms with Crippen molar-refractivity contribution in [1.29, 1.82) is 0 Å². The fraction of sp³-hybridized carbons (Fsp3) is 0.278. The molecule has 25 heavy (non-hydrogen) atoms. The molecule has 0 saturated heterocycles. The molecule has 1 aromatic heterocycles. The van der Waals surface area contributed by atoms with Crippen LogP contribution in [0.4, 0.5) is 5.95 Å². The highest BCUT2D eigenvalue weighted by Crippen LogP contribution is 2.25. The van der Waals surface area contributed by atoms with Gasteiger partial charge in [-0.3, -0.25) is 0 Å². The third kappa shape index (κ3) is 4.64. The van der Waals surface area contributed by atoms with Crippen LogP contribution >= 0.6 is 23.2 Å². The number of rotatable bonds is 8. The van der Waals surface area contributed by atoms with Gasteiger partial charge in [-0.25, -0.2) is 4.98 Å². The second kappa shape index (κ2) is 8.54. The summed E-state index contributed by atoms with van der Waals surface area (Å²) in [6, 6.07) is 11.4. The van der Waals surface area contributed by atoms with Gasteiger partial charge < -0.3 is 20.7 Å². The Morgan fingerprint density at radius 1 is 1.12 bits per heavy atom. The van der Waals surface area contributed by atoms with Crippen molar-refractivity contribution in [2.75, 3.05) is 18.4 Å². The van der Waals surface area contributed by atoms with Crippen molar-refractivity contribution in [1.82, 2.24) is 15.3 Å². The highest BCUT2D eigenvalue weighted by molar-refractivity contribution is 6.35. The zero-order valence-corrected chi connectivity index (χ0v) is 15.2. The molecule has 0 aliphatic carbocycles. The molecule has 132 valence electrons. The van der Waals surface area contributed by atoms with Gasteiger partial charge in [0.1, 0.15) is 0 Å². The van der Waals surface area contributed by atoms with E-state index in [1.807, 2.05) is 30.3 Å². The number of nitrogens with one attached hydrogen (secondary N) is 3. The quantitative estimate of drug-likeness (QED) is 0.447. The van der Waals surface area contributed by atoms with E-state index in [2.05, 4.69) is 20.6 Å². The fourth-order valence-electron chi connectivity index (χ4n) is 2.67. The van der Waals surface area contributed by atoms with Gasteiger partial charge in [0.25, 0.3) is 0 Å². The molecule has 7 heteroatoms. The Bertz CT molecular complexity index is 817. The van der Waals surface area contributed by atoms with Crippen molar-refractivity contribution >= 4 is 40.2 Å². The van der Waals surface area contributed by atoms with E-state index in [0.717, 1.165) is 47.6 Å². The van der Waals surface area contributed by atoms with Crippen LogP contribution in [0.5, 0.6) is 0 Å². The number of para-hydroxylation sites is 2. The number of benzene rings is 2. The van der Waals surface area contributed by atoms with Gasteiger partial charge >= 0.3 is 0 Å². The second-order valence-electron chi connectivity index (χ2n) is 5.74. The molecule has 0 amide bonds. The molecular formula is C18H20Cl2N4O. The van der Waals surface area contributed by atoms with Gasteiger partial charge in [-0.15, -0.1) is 0 Å². The zero-order chi connectivity index (χ0) is 17.6. The molecule has 0 spiro atoms. The van der Waals surface area contributed by atoms with Gasteiger partial charge in [0, 0.05) is 28.7 Å². The summed E-state index contributed by atoms with van der Waals surface area (Å²) in [4.78, 5) is 7.72. The Morgan fingerprint density at radius 3 is 2.76 bits per heavy atom. The zero-order valence-electron chi connectivity index (χ0n) is 13.6. The number of halogens is 2. The summed E-state index contributed by atoms with van der Waals surface area (Å²) in [6.45, 7) is 2.14. The Hall–Kier alpha value is -1.79. The van der Waals surface area contributed by atoms with Crippen molar-refractivity contribution in [2.45, 2.75) is 19.6 Å². The van der Waals surface area contributed by atoms with Crippen LogP contribution in [0.15, 0.2) is 36.4 Å². The number of H-pyrrole nitrogens is 1. The van der Waals surface area contributed by atoms with Gasteiger partial charge in [-0.05, 0) is 42.8 Å². The van der Waals surface area contributed by atoms with Crippen molar-refractivity contribution in [2.24, 2.45) is 0 Å². The first-order valence-electron chi connectivity index (χ1n) is 8.14. The average Bonchev–Trinajstić information content (AvgIpc) is 3.00. The molecule has 4 N–H and O–H groups in total. The minimum Gasteiger partial charge on any atom is -0.392 e. The fourth-order valence-corrected chi connectivity index (χ4v) is 3.27. The molecule has 0 atom stereocenters. The minimum atomic E-state index is -0.0966. The molecule has 0 bridgehead atoms. The van der Waals surface area contributed by atoms with Gasteiger partial charge in [0.2, 0.25) is 5.95 Å². The Kier molecular flexibility index (Phi) is 6.15. The Morgan fingerprint density at radius 2 is 1.96 bits per heavy atom. The monoisotopic (exact) mass is 378 g/mol. The highest BCUT2D eigenvalue weighted by Gasteiger charge is 2.08. The number of hydrogen-bond acceptors (Lipinski definition) is 4. The highest BCUT2D eigenvalue weighted by atomic mass is 35.5. The molecule has 5 nitrogen and oxygen atoms in total. The number of nitrogens with zero attached hydrogens (tertiary/aromatic N) is 1. The van der Waals surface area contributed by atoms with Crippen molar-refractivity contribution in [3.05, 3.63) is 57.6 Å². The maximum atomic E-state index is 9.44. The molecule has 0 fully saturated rings. The summed E-state index contributed by atoms with van der Waals surface area (Å²) in [5.74, 6) is 0.783. The number of anilines is 1. The molecular weight excluding hydrogens is 359 g/mol. The lowest BCUT2D eigenvalue weighted by molar-refractivity contribution is 0.280. The lowest BCUT2D eigenvalue weighted by Gasteiger charge is -2.11. The normalized spacial score (nSPS) is 11.2. The van der Waals surface area contributed by atoms with Crippen LogP contribution in [0.3, 0.4) is 0 Å². The van der Waals surface area contributed by atoms with E-state index in [-0.39, 0.29) is 6.61 Å². The third-order valence-corrected chi connectivity index (χ3v) is 4.49. The second-order valence-corrected chi connectivity index (χ2v) is 6.59. The van der Waals surface area contributed by atoms with Crippen LogP contribution in [-0.2, 0) is 13.2 Å². The maximum absolute atomic E-state index is 9.44. The van der Waals surface area contributed by atoms with Gasteiger partial charge in [0.15, 0.2) is 0 Å². The number of aromatic amines is 1. The average molecular weight is 379 g/mol. The molecule has 0 radical (unpaired) electrons. The topological polar surface area (TPSA) is 73.0 Å². The van der Waals surface area contributed by atoms with Gasteiger partial charge in [0.05, 0.1) is 17.6 Å². The number of imidazole rings is 1.